The third kappa shape index (κ3) is 3.43. The number of anilines is 1. The molecule has 0 aliphatic heterocycles. The molecule has 19 heavy (non-hydrogen) atoms. The van der Waals surface area contributed by atoms with Crippen LogP contribution in [0.4, 0.5) is 5.69 Å². The van der Waals surface area contributed by atoms with Crippen LogP contribution in [0.25, 0.3) is 0 Å². The van der Waals surface area contributed by atoms with E-state index in [1.165, 1.54) is 0 Å². The van der Waals surface area contributed by atoms with Crippen LogP contribution in [0.5, 0.6) is 0 Å². The van der Waals surface area contributed by atoms with Crippen molar-refractivity contribution in [3.05, 3.63) is 63.6 Å². The van der Waals surface area contributed by atoms with Gasteiger partial charge in [-0.1, -0.05) is 28.1 Å². The minimum atomic E-state index is -0.112. The second-order valence-corrected chi connectivity index (χ2v) is 5.23. The topological polar surface area (TPSA) is 55.1 Å². The Labute approximate surface area is 121 Å². The number of nitrogens with one attached hydrogen (secondary N) is 1. The zero-order chi connectivity index (χ0) is 13.8. The number of hydrogen-bond acceptors (Lipinski definition) is 2. The summed E-state index contributed by atoms with van der Waals surface area (Å²) in [6, 6.07) is 13.1. The van der Waals surface area contributed by atoms with Crippen molar-refractivity contribution >= 4 is 27.5 Å². The molecule has 0 unspecified atom stereocenters. The number of rotatable bonds is 3. The Hall–Kier alpha value is -1.65. The summed E-state index contributed by atoms with van der Waals surface area (Å²) in [5.74, 6) is -0.112. The van der Waals surface area contributed by atoms with E-state index in [-0.39, 0.29) is 5.91 Å². The average Bonchev–Trinajstić information content (AvgIpc) is 2.38. The lowest BCUT2D eigenvalue weighted by Crippen LogP contribution is -2.13. The number of carbonyl (C=O) groups excluding carboxylic acids is 1. The number of halogens is 1. The molecule has 0 aliphatic rings. The van der Waals surface area contributed by atoms with E-state index < -0.39 is 0 Å². The van der Waals surface area contributed by atoms with Crippen molar-refractivity contribution in [1.82, 2.24) is 0 Å². The summed E-state index contributed by atoms with van der Waals surface area (Å²) >= 11 is 3.39. The quantitative estimate of drug-likeness (QED) is 0.910. The highest BCUT2D eigenvalue weighted by atomic mass is 79.9. The fourth-order valence-corrected chi connectivity index (χ4v) is 2.33. The summed E-state index contributed by atoms with van der Waals surface area (Å²) < 4.78 is 0.965. The fraction of sp³-hybridized carbons (Fsp3) is 0.133. The van der Waals surface area contributed by atoms with E-state index >= 15 is 0 Å². The van der Waals surface area contributed by atoms with Gasteiger partial charge in [-0.05, 0) is 48.4 Å². The minimum Gasteiger partial charge on any atom is -0.326 e. The molecule has 4 heteroatoms. The highest BCUT2D eigenvalue weighted by Gasteiger charge is 2.09. The van der Waals surface area contributed by atoms with Gasteiger partial charge in [-0.15, -0.1) is 0 Å². The van der Waals surface area contributed by atoms with Crippen LogP contribution in [-0.2, 0) is 6.54 Å². The molecule has 0 heterocycles. The van der Waals surface area contributed by atoms with Gasteiger partial charge in [0.1, 0.15) is 0 Å². The number of carbonyl (C=O) groups is 1. The Morgan fingerprint density at radius 3 is 2.74 bits per heavy atom. The van der Waals surface area contributed by atoms with E-state index in [1.807, 2.05) is 49.4 Å². The summed E-state index contributed by atoms with van der Waals surface area (Å²) in [7, 11) is 0. The van der Waals surface area contributed by atoms with Crippen LogP contribution in [0.1, 0.15) is 21.5 Å². The molecular weight excluding hydrogens is 304 g/mol. The van der Waals surface area contributed by atoms with E-state index in [4.69, 9.17) is 5.73 Å². The average molecular weight is 319 g/mol. The predicted octanol–water partition coefficient (Wildman–Crippen LogP) is 3.47. The highest BCUT2D eigenvalue weighted by Crippen LogP contribution is 2.18. The highest BCUT2D eigenvalue weighted by molar-refractivity contribution is 9.10. The van der Waals surface area contributed by atoms with Crippen molar-refractivity contribution in [3.63, 3.8) is 0 Å². The summed E-state index contributed by atoms with van der Waals surface area (Å²) in [5, 5.41) is 2.88. The molecule has 0 aliphatic carbocycles. The van der Waals surface area contributed by atoms with Gasteiger partial charge in [-0.25, -0.2) is 0 Å². The van der Waals surface area contributed by atoms with Crippen LogP contribution < -0.4 is 11.1 Å². The second-order valence-electron chi connectivity index (χ2n) is 4.32. The van der Waals surface area contributed by atoms with Gasteiger partial charge in [0.2, 0.25) is 0 Å². The Balaban J connectivity index is 2.20. The first-order chi connectivity index (χ1) is 9.10. The number of benzene rings is 2. The Bertz CT molecular complexity index is 611. The first-order valence-corrected chi connectivity index (χ1v) is 6.76. The van der Waals surface area contributed by atoms with Crippen LogP contribution in [0.2, 0.25) is 0 Å². The lowest BCUT2D eigenvalue weighted by Gasteiger charge is -2.09. The molecule has 3 N–H and O–H groups in total. The second kappa shape index (κ2) is 5.99. The first kappa shape index (κ1) is 13.8. The minimum absolute atomic E-state index is 0.112. The largest absolute Gasteiger partial charge is 0.326 e. The monoisotopic (exact) mass is 318 g/mol. The van der Waals surface area contributed by atoms with Gasteiger partial charge in [0.15, 0.2) is 0 Å². The van der Waals surface area contributed by atoms with Crippen molar-refractivity contribution < 1.29 is 4.79 Å². The molecule has 1 amide bonds. The van der Waals surface area contributed by atoms with E-state index in [0.717, 1.165) is 21.3 Å². The van der Waals surface area contributed by atoms with E-state index in [2.05, 4.69) is 21.2 Å². The molecule has 0 bridgehead atoms. The van der Waals surface area contributed by atoms with Gasteiger partial charge in [0.25, 0.3) is 5.91 Å². The van der Waals surface area contributed by atoms with Gasteiger partial charge in [-0.2, -0.15) is 0 Å². The SMILES string of the molecule is Cc1cc(Br)ccc1C(=O)Nc1cccc(CN)c1. The Morgan fingerprint density at radius 2 is 2.05 bits per heavy atom. The molecule has 2 aromatic carbocycles. The summed E-state index contributed by atoms with van der Waals surface area (Å²) in [4.78, 5) is 12.2. The van der Waals surface area contributed by atoms with E-state index in [1.54, 1.807) is 0 Å². The zero-order valence-electron chi connectivity index (χ0n) is 10.6. The van der Waals surface area contributed by atoms with E-state index in [0.29, 0.717) is 12.1 Å². The standard InChI is InChI=1S/C15H15BrN2O/c1-10-7-12(16)5-6-14(10)15(19)18-13-4-2-3-11(8-13)9-17/h2-8H,9,17H2,1H3,(H,18,19). The van der Waals surface area contributed by atoms with Crippen molar-refractivity contribution in [2.45, 2.75) is 13.5 Å². The molecular formula is C15H15BrN2O. The van der Waals surface area contributed by atoms with Crippen LogP contribution in [-0.4, -0.2) is 5.91 Å². The first-order valence-electron chi connectivity index (χ1n) is 5.96. The number of amides is 1. The predicted molar refractivity (Wildman–Crippen MR) is 81.2 cm³/mol. The summed E-state index contributed by atoms with van der Waals surface area (Å²) in [6.07, 6.45) is 0. The third-order valence-electron chi connectivity index (χ3n) is 2.85. The summed E-state index contributed by atoms with van der Waals surface area (Å²) in [6.45, 7) is 2.37. The molecule has 0 atom stereocenters. The maximum absolute atomic E-state index is 12.2. The third-order valence-corrected chi connectivity index (χ3v) is 3.35. The maximum Gasteiger partial charge on any atom is 0.255 e. The van der Waals surface area contributed by atoms with Gasteiger partial charge in [0, 0.05) is 22.3 Å². The molecule has 2 aromatic rings. The molecule has 0 saturated carbocycles. The van der Waals surface area contributed by atoms with Crippen molar-refractivity contribution in [1.29, 1.82) is 0 Å². The lowest BCUT2D eigenvalue weighted by molar-refractivity contribution is 0.102. The number of aryl methyl sites for hydroxylation is 1. The lowest BCUT2D eigenvalue weighted by atomic mass is 10.1. The molecule has 0 fully saturated rings. The van der Waals surface area contributed by atoms with Gasteiger partial charge >= 0.3 is 0 Å². The van der Waals surface area contributed by atoms with Gasteiger partial charge < -0.3 is 11.1 Å². The number of nitrogens with two attached hydrogens (primary N) is 1. The normalized spacial score (nSPS) is 10.3. The maximum atomic E-state index is 12.2. The van der Waals surface area contributed by atoms with Crippen LogP contribution in [0.3, 0.4) is 0 Å². The van der Waals surface area contributed by atoms with Crippen LogP contribution in [0.15, 0.2) is 46.9 Å². The molecule has 98 valence electrons. The molecule has 0 spiro atoms. The van der Waals surface area contributed by atoms with E-state index in [9.17, 15) is 4.79 Å². The smallest absolute Gasteiger partial charge is 0.255 e. The number of hydrogen-bond donors (Lipinski definition) is 2. The zero-order valence-corrected chi connectivity index (χ0v) is 12.2. The van der Waals surface area contributed by atoms with Crippen LogP contribution >= 0.6 is 15.9 Å². The fourth-order valence-electron chi connectivity index (χ4n) is 1.86. The molecule has 0 radical (unpaired) electrons. The van der Waals surface area contributed by atoms with Crippen molar-refractivity contribution in [3.8, 4) is 0 Å². The van der Waals surface area contributed by atoms with Crippen molar-refractivity contribution in [2.75, 3.05) is 5.32 Å². The van der Waals surface area contributed by atoms with Crippen molar-refractivity contribution in [2.24, 2.45) is 5.73 Å². The van der Waals surface area contributed by atoms with Gasteiger partial charge in [0.05, 0.1) is 0 Å². The molecule has 0 aromatic heterocycles. The summed E-state index contributed by atoms with van der Waals surface area (Å²) in [5.41, 5.74) is 8.93. The molecule has 3 nitrogen and oxygen atoms in total. The van der Waals surface area contributed by atoms with Gasteiger partial charge in [-0.3, -0.25) is 4.79 Å². The Kier molecular flexibility index (Phi) is 4.35. The molecule has 0 saturated heterocycles. The van der Waals surface area contributed by atoms with Crippen LogP contribution in [0, 0.1) is 6.92 Å². The Morgan fingerprint density at radius 1 is 1.26 bits per heavy atom. The molecule has 2 rings (SSSR count).